The van der Waals surface area contributed by atoms with Crippen LogP contribution in [0.1, 0.15) is 38.3 Å². The molecule has 2 aromatic rings. The quantitative estimate of drug-likeness (QED) is 0.824. The number of nitrogens with one attached hydrogen (secondary N) is 1. The van der Waals surface area contributed by atoms with Crippen molar-refractivity contribution in [3.05, 3.63) is 65.7 Å². The van der Waals surface area contributed by atoms with Gasteiger partial charge in [-0.05, 0) is 50.8 Å². The van der Waals surface area contributed by atoms with Crippen LogP contribution in [0, 0.1) is 6.92 Å². The molecule has 0 aliphatic carbocycles. The molecule has 0 saturated heterocycles. The summed E-state index contributed by atoms with van der Waals surface area (Å²) in [6.45, 7) is 8.03. The second-order valence-electron chi connectivity index (χ2n) is 6.82. The van der Waals surface area contributed by atoms with Crippen molar-refractivity contribution in [3.8, 4) is 5.75 Å². The number of benzene rings is 2. The van der Waals surface area contributed by atoms with Crippen molar-refractivity contribution in [2.75, 3.05) is 0 Å². The van der Waals surface area contributed by atoms with E-state index < -0.39 is 6.10 Å². The summed E-state index contributed by atoms with van der Waals surface area (Å²) in [5.74, 6) is 0.696. The van der Waals surface area contributed by atoms with Crippen molar-refractivity contribution >= 4 is 5.91 Å². The van der Waals surface area contributed by atoms with Crippen LogP contribution in [-0.2, 0) is 11.2 Å². The van der Waals surface area contributed by atoms with Gasteiger partial charge >= 0.3 is 0 Å². The predicted molar refractivity (Wildman–Crippen MR) is 98.3 cm³/mol. The molecule has 3 heteroatoms. The lowest BCUT2D eigenvalue weighted by molar-refractivity contribution is -0.129. The summed E-state index contributed by atoms with van der Waals surface area (Å²) in [7, 11) is 0. The van der Waals surface area contributed by atoms with Crippen LogP contribution in [-0.4, -0.2) is 17.6 Å². The van der Waals surface area contributed by atoms with Gasteiger partial charge in [0.15, 0.2) is 6.10 Å². The summed E-state index contributed by atoms with van der Waals surface area (Å²) < 4.78 is 5.94. The Balaban J connectivity index is 2.01. The molecule has 0 saturated carbocycles. The maximum absolute atomic E-state index is 12.7. The molecule has 1 atom stereocenters. The highest BCUT2D eigenvalue weighted by molar-refractivity contribution is 5.81. The monoisotopic (exact) mass is 325 g/mol. The van der Waals surface area contributed by atoms with Gasteiger partial charge in [0.1, 0.15) is 5.75 Å². The van der Waals surface area contributed by atoms with Crippen molar-refractivity contribution < 1.29 is 9.53 Å². The second-order valence-corrected chi connectivity index (χ2v) is 6.82. The topological polar surface area (TPSA) is 38.3 Å². The zero-order valence-corrected chi connectivity index (χ0v) is 15.0. The van der Waals surface area contributed by atoms with Crippen LogP contribution in [0.5, 0.6) is 5.75 Å². The largest absolute Gasteiger partial charge is 0.480 e. The summed E-state index contributed by atoms with van der Waals surface area (Å²) in [4.78, 5) is 12.7. The Kier molecular flexibility index (Phi) is 6.02. The Morgan fingerprint density at radius 3 is 2.33 bits per heavy atom. The number of hydrogen-bond acceptors (Lipinski definition) is 2. The number of carbonyl (C=O) groups is 1. The van der Waals surface area contributed by atoms with Crippen LogP contribution < -0.4 is 10.1 Å². The molecule has 128 valence electrons. The van der Waals surface area contributed by atoms with E-state index in [1.54, 1.807) is 0 Å². The molecule has 0 aromatic heterocycles. The van der Waals surface area contributed by atoms with E-state index in [-0.39, 0.29) is 11.4 Å². The first-order valence-corrected chi connectivity index (χ1v) is 8.49. The summed E-state index contributed by atoms with van der Waals surface area (Å²) in [6.07, 6.45) is 0.920. The number of para-hydroxylation sites is 1. The van der Waals surface area contributed by atoms with Crippen LogP contribution in [0.25, 0.3) is 0 Å². The maximum atomic E-state index is 12.7. The summed E-state index contributed by atoms with van der Waals surface area (Å²) in [5.41, 5.74) is 1.91. The van der Waals surface area contributed by atoms with Gasteiger partial charge in [-0.3, -0.25) is 4.79 Å². The van der Waals surface area contributed by atoms with Crippen LogP contribution in [0.4, 0.5) is 0 Å². The fourth-order valence-electron chi connectivity index (χ4n) is 2.73. The lowest BCUT2D eigenvalue weighted by atomic mass is 9.94. The molecule has 1 N–H and O–H groups in total. The third-order valence-electron chi connectivity index (χ3n) is 3.98. The van der Waals surface area contributed by atoms with Gasteiger partial charge in [-0.1, -0.05) is 55.5 Å². The fourth-order valence-corrected chi connectivity index (χ4v) is 2.73. The molecule has 0 aliphatic rings. The Morgan fingerprint density at radius 2 is 1.71 bits per heavy atom. The molecule has 0 bridgehead atoms. The Hall–Kier alpha value is -2.29. The van der Waals surface area contributed by atoms with E-state index in [0.29, 0.717) is 6.42 Å². The summed E-state index contributed by atoms with van der Waals surface area (Å²) in [6, 6.07) is 18.0. The molecule has 24 heavy (non-hydrogen) atoms. The van der Waals surface area contributed by atoms with Crippen molar-refractivity contribution in [1.82, 2.24) is 5.32 Å². The minimum Gasteiger partial charge on any atom is -0.480 e. The molecule has 0 heterocycles. The number of ether oxygens (including phenoxy) is 1. The van der Waals surface area contributed by atoms with E-state index in [1.165, 1.54) is 5.56 Å². The molecule has 3 nitrogen and oxygen atoms in total. The van der Waals surface area contributed by atoms with Gasteiger partial charge in [-0.15, -0.1) is 0 Å². The number of rotatable bonds is 7. The van der Waals surface area contributed by atoms with Gasteiger partial charge in [-0.25, -0.2) is 0 Å². The Bertz CT molecular complexity index is 665. The average Bonchev–Trinajstić information content (AvgIpc) is 2.54. The van der Waals surface area contributed by atoms with Gasteiger partial charge in [0, 0.05) is 5.54 Å². The van der Waals surface area contributed by atoms with Crippen LogP contribution in [0.3, 0.4) is 0 Å². The van der Waals surface area contributed by atoms with E-state index in [9.17, 15) is 4.79 Å². The van der Waals surface area contributed by atoms with Gasteiger partial charge < -0.3 is 10.1 Å². The lowest BCUT2D eigenvalue weighted by Gasteiger charge is -2.29. The first-order valence-electron chi connectivity index (χ1n) is 8.49. The van der Waals surface area contributed by atoms with Gasteiger partial charge in [-0.2, -0.15) is 0 Å². The molecule has 0 aliphatic heterocycles. The summed E-state index contributed by atoms with van der Waals surface area (Å²) in [5, 5.41) is 3.13. The summed E-state index contributed by atoms with van der Waals surface area (Å²) >= 11 is 0. The Labute approximate surface area is 145 Å². The molecular weight excluding hydrogens is 298 g/mol. The van der Waals surface area contributed by atoms with Crippen molar-refractivity contribution in [2.45, 2.75) is 52.2 Å². The number of aryl methyl sites for hydroxylation is 1. The van der Waals surface area contributed by atoms with Crippen LogP contribution in [0.2, 0.25) is 0 Å². The second kappa shape index (κ2) is 8.00. The highest BCUT2D eigenvalue weighted by Crippen LogP contribution is 2.20. The highest BCUT2D eigenvalue weighted by atomic mass is 16.5. The third kappa shape index (κ3) is 5.12. The van der Waals surface area contributed by atoms with Crippen molar-refractivity contribution in [2.24, 2.45) is 0 Å². The van der Waals surface area contributed by atoms with E-state index >= 15 is 0 Å². The van der Waals surface area contributed by atoms with E-state index in [1.807, 2.05) is 70.2 Å². The highest BCUT2D eigenvalue weighted by Gasteiger charge is 2.26. The lowest BCUT2D eigenvalue weighted by Crippen LogP contribution is -2.50. The smallest absolute Gasteiger partial charge is 0.261 e. The minimum atomic E-state index is -0.485. The van der Waals surface area contributed by atoms with Crippen LogP contribution >= 0.6 is 0 Å². The molecule has 0 radical (unpaired) electrons. The molecular formula is C21H27NO2. The van der Waals surface area contributed by atoms with Gasteiger partial charge in [0.25, 0.3) is 5.91 Å². The van der Waals surface area contributed by atoms with Crippen molar-refractivity contribution in [1.29, 1.82) is 0 Å². The third-order valence-corrected chi connectivity index (χ3v) is 3.98. The maximum Gasteiger partial charge on any atom is 0.261 e. The average molecular weight is 325 g/mol. The number of carbonyl (C=O) groups excluding carboxylic acids is 1. The number of amides is 1. The zero-order valence-electron chi connectivity index (χ0n) is 15.0. The molecule has 1 amide bonds. The SMILES string of the molecule is CCC(Oc1ccccc1C)C(=O)NC(C)(C)Cc1ccccc1. The van der Waals surface area contributed by atoms with Crippen LogP contribution in [0.15, 0.2) is 54.6 Å². The first-order chi connectivity index (χ1) is 11.4. The molecule has 1 unspecified atom stereocenters. The molecule has 2 aromatic carbocycles. The zero-order chi connectivity index (χ0) is 17.6. The van der Waals surface area contributed by atoms with E-state index in [4.69, 9.17) is 4.74 Å². The van der Waals surface area contributed by atoms with Gasteiger partial charge in [0.05, 0.1) is 0 Å². The standard InChI is InChI=1S/C21H27NO2/c1-5-18(24-19-14-10-9-11-16(19)2)20(23)22-21(3,4)15-17-12-7-6-8-13-17/h6-14,18H,5,15H2,1-4H3,(H,22,23). The van der Waals surface area contributed by atoms with Crippen molar-refractivity contribution in [3.63, 3.8) is 0 Å². The predicted octanol–water partition coefficient (Wildman–Crippen LogP) is 4.29. The molecule has 0 fully saturated rings. The van der Waals surface area contributed by atoms with Gasteiger partial charge in [0.2, 0.25) is 0 Å². The molecule has 0 spiro atoms. The fraction of sp³-hybridized carbons (Fsp3) is 0.381. The minimum absolute atomic E-state index is 0.0679. The Morgan fingerprint density at radius 1 is 1.08 bits per heavy atom. The van der Waals surface area contributed by atoms with E-state index in [0.717, 1.165) is 17.7 Å². The number of hydrogen-bond donors (Lipinski definition) is 1. The molecule has 2 rings (SSSR count). The first kappa shape index (κ1) is 18.1. The van der Waals surface area contributed by atoms with E-state index in [2.05, 4.69) is 17.4 Å². The normalized spacial score (nSPS) is 12.5.